The van der Waals surface area contributed by atoms with Crippen LogP contribution in [0.1, 0.15) is 40.9 Å². The SMILES string of the molecule is COCC(C)(C)Nc1nc(C(=O)OC)c(C(C)=O)s1. The van der Waals surface area contributed by atoms with Crippen molar-refractivity contribution < 1.29 is 19.1 Å². The number of carbonyl (C=O) groups excluding carboxylic acids is 2. The minimum atomic E-state index is -0.612. The topological polar surface area (TPSA) is 77.5 Å². The fraction of sp³-hybridized carbons (Fsp3) is 0.583. The van der Waals surface area contributed by atoms with Gasteiger partial charge in [0, 0.05) is 14.0 Å². The van der Waals surface area contributed by atoms with Gasteiger partial charge in [-0.25, -0.2) is 9.78 Å². The van der Waals surface area contributed by atoms with Crippen LogP contribution in [0.4, 0.5) is 5.13 Å². The number of aromatic nitrogens is 1. The van der Waals surface area contributed by atoms with Gasteiger partial charge >= 0.3 is 5.97 Å². The van der Waals surface area contributed by atoms with E-state index >= 15 is 0 Å². The molecule has 1 aromatic rings. The quantitative estimate of drug-likeness (QED) is 0.636. The van der Waals surface area contributed by atoms with Crippen molar-refractivity contribution >= 4 is 28.2 Å². The molecule has 106 valence electrons. The number of esters is 1. The highest BCUT2D eigenvalue weighted by molar-refractivity contribution is 7.17. The van der Waals surface area contributed by atoms with Crippen molar-refractivity contribution in [3.63, 3.8) is 0 Å². The molecule has 0 aliphatic heterocycles. The molecule has 0 saturated carbocycles. The number of thiazole rings is 1. The van der Waals surface area contributed by atoms with E-state index in [0.29, 0.717) is 16.6 Å². The maximum absolute atomic E-state index is 11.6. The summed E-state index contributed by atoms with van der Waals surface area (Å²) < 4.78 is 9.71. The van der Waals surface area contributed by atoms with E-state index in [-0.39, 0.29) is 17.0 Å². The summed E-state index contributed by atoms with van der Waals surface area (Å²) in [5, 5.41) is 3.63. The van der Waals surface area contributed by atoms with Gasteiger partial charge in [-0.05, 0) is 13.8 Å². The Bertz CT molecular complexity index is 482. The summed E-state index contributed by atoms with van der Waals surface area (Å²) in [6.45, 7) is 5.73. The van der Waals surface area contributed by atoms with Crippen LogP contribution in [-0.4, -0.2) is 43.1 Å². The highest BCUT2D eigenvalue weighted by Gasteiger charge is 2.25. The molecule has 1 heterocycles. The second-order valence-electron chi connectivity index (χ2n) is 4.69. The Morgan fingerprint density at radius 1 is 1.37 bits per heavy atom. The first kappa shape index (κ1) is 15.6. The van der Waals surface area contributed by atoms with Crippen LogP contribution in [0.15, 0.2) is 0 Å². The molecule has 0 radical (unpaired) electrons. The molecule has 1 N–H and O–H groups in total. The Morgan fingerprint density at radius 2 is 2.00 bits per heavy atom. The number of methoxy groups -OCH3 is 2. The van der Waals surface area contributed by atoms with Crippen molar-refractivity contribution in [2.45, 2.75) is 26.3 Å². The molecule has 0 spiro atoms. The number of nitrogens with zero attached hydrogens (tertiary/aromatic N) is 1. The van der Waals surface area contributed by atoms with Gasteiger partial charge < -0.3 is 14.8 Å². The van der Waals surface area contributed by atoms with Gasteiger partial charge in [0.05, 0.1) is 19.3 Å². The van der Waals surface area contributed by atoms with Crippen molar-refractivity contribution in [2.75, 3.05) is 26.1 Å². The first-order valence-corrected chi connectivity index (χ1v) is 6.49. The molecule has 0 atom stereocenters. The third-order valence-corrected chi connectivity index (χ3v) is 3.35. The Labute approximate surface area is 116 Å². The number of hydrogen-bond donors (Lipinski definition) is 1. The van der Waals surface area contributed by atoms with Crippen LogP contribution >= 0.6 is 11.3 Å². The van der Waals surface area contributed by atoms with Gasteiger partial charge in [0.15, 0.2) is 16.6 Å². The molecule has 0 saturated heterocycles. The van der Waals surface area contributed by atoms with E-state index in [0.717, 1.165) is 11.3 Å². The van der Waals surface area contributed by atoms with Gasteiger partial charge in [0.2, 0.25) is 0 Å². The van der Waals surface area contributed by atoms with E-state index < -0.39 is 5.97 Å². The molecule has 0 fully saturated rings. The van der Waals surface area contributed by atoms with E-state index in [4.69, 9.17) is 4.74 Å². The average molecular weight is 286 g/mol. The lowest BCUT2D eigenvalue weighted by molar-refractivity contribution is 0.0591. The number of nitrogens with one attached hydrogen (secondary N) is 1. The van der Waals surface area contributed by atoms with E-state index in [2.05, 4.69) is 15.0 Å². The number of ketones is 1. The zero-order valence-corrected chi connectivity index (χ0v) is 12.5. The largest absolute Gasteiger partial charge is 0.464 e. The van der Waals surface area contributed by atoms with Gasteiger partial charge in [-0.2, -0.15) is 0 Å². The molecule has 1 aromatic heterocycles. The third-order valence-electron chi connectivity index (χ3n) is 2.28. The second kappa shape index (κ2) is 6.12. The molecule has 6 nitrogen and oxygen atoms in total. The van der Waals surface area contributed by atoms with Gasteiger partial charge in [-0.1, -0.05) is 11.3 Å². The monoisotopic (exact) mass is 286 g/mol. The molecule has 7 heteroatoms. The van der Waals surface area contributed by atoms with Crippen LogP contribution in [0.2, 0.25) is 0 Å². The number of carbonyl (C=O) groups is 2. The summed E-state index contributed by atoms with van der Waals surface area (Å²) in [6.07, 6.45) is 0. The van der Waals surface area contributed by atoms with Crippen LogP contribution in [0.3, 0.4) is 0 Å². The van der Waals surface area contributed by atoms with Crippen LogP contribution in [0, 0.1) is 0 Å². The summed E-state index contributed by atoms with van der Waals surface area (Å²) >= 11 is 1.14. The standard InChI is InChI=1S/C12H18N2O4S/c1-7(15)9-8(10(16)18-5)13-11(19-9)14-12(2,3)6-17-4/h6H2,1-5H3,(H,13,14). The summed E-state index contributed by atoms with van der Waals surface area (Å²) in [7, 11) is 2.86. The number of hydrogen-bond acceptors (Lipinski definition) is 7. The molecule has 0 aliphatic carbocycles. The predicted octanol–water partition coefficient (Wildman–Crippen LogP) is 1.97. The molecule has 0 aliphatic rings. The number of ether oxygens (including phenoxy) is 2. The fourth-order valence-corrected chi connectivity index (χ4v) is 2.56. The van der Waals surface area contributed by atoms with Crippen LogP contribution in [0.5, 0.6) is 0 Å². The molecule has 0 unspecified atom stereocenters. The molecule has 19 heavy (non-hydrogen) atoms. The Kier molecular flexibility index (Phi) is 5.02. The van der Waals surface area contributed by atoms with Crippen molar-refractivity contribution in [1.82, 2.24) is 4.98 Å². The van der Waals surface area contributed by atoms with Crippen molar-refractivity contribution in [3.05, 3.63) is 10.6 Å². The maximum atomic E-state index is 11.6. The normalized spacial score (nSPS) is 11.2. The second-order valence-corrected chi connectivity index (χ2v) is 5.69. The van der Waals surface area contributed by atoms with Gasteiger partial charge in [0.1, 0.15) is 4.88 Å². The summed E-state index contributed by atoms with van der Waals surface area (Å²) in [4.78, 5) is 27.5. The molecule has 1 rings (SSSR count). The van der Waals surface area contributed by atoms with Crippen LogP contribution in [0.25, 0.3) is 0 Å². The Hall–Kier alpha value is -1.47. The molecule has 0 amide bonds. The van der Waals surface area contributed by atoms with Crippen molar-refractivity contribution in [2.24, 2.45) is 0 Å². The highest BCUT2D eigenvalue weighted by atomic mass is 32.1. The number of rotatable bonds is 6. The summed E-state index contributed by atoms with van der Waals surface area (Å²) in [6, 6.07) is 0. The minimum absolute atomic E-state index is 0.0516. The number of anilines is 1. The first-order valence-electron chi connectivity index (χ1n) is 5.68. The first-order chi connectivity index (χ1) is 8.80. The van der Waals surface area contributed by atoms with E-state index in [1.54, 1.807) is 7.11 Å². The van der Waals surface area contributed by atoms with E-state index in [9.17, 15) is 9.59 Å². The average Bonchev–Trinajstić information content (AvgIpc) is 2.71. The van der Waals surface area contributed by atoms with Crippen LogP contribution in [-0.2, 0) is 9.47 Å². The molecular weight excluding hydrogens is 268 g/mol. The molecular formula is C12H18N2O4S. The fourth-order valence-electron chi connectivity index (χ4n) is 1.53. The number of Topliss-reactive ketones (excluding diaryl/α,β-unsaturated/α-hetero) is 1. The van der Waals surface area contributed by atoms with Gasteiger partial charge in [-0.15, -0.1) is 0 Å². The van der Waals surface area contributed by atoms with E-state index in [1.807, 2.05) is 13.8 Å². The zero-order valence-electron chi connectivity index (χ0n) is 11.7. The molecule has 0 aromatic carbocycles. The summed E-state index contributed by atoms with van der Waals surface area (Å²) in [5.41, 5.74) is -0.302. The molecule has 0 bridgehead atoms. The highest BCUT2D eigenvalue weighted by Crippen LogP contribution is 2.26. The lowest BCUT2D eigenvalue weighted by atomic mass is 10.1. The summed E-state index contributed by atoms with van der Waals surface area (Å²) in [5.74, 6) is -0.824. The zero-order chi connectivity index (χ0) is 14.6. The van der Waals surface area contributed by atoms with Crippen molar-refractivity contribution in [3.8, 4) is 0 Å². The van der Waals surface area contributed by atoms with Crippen molar-refractivity contribution in [1.29, 1.82) is 0 Å². The lowest BCUT2D eigenvalue weighted by Crippen LogP contribution is -2.35. The van der Waals surface area contributed by atoms with Crippen LogP contribution < -0.4 is 5.32 Å². The Balaban J connectivity index is 3.05. The van der Waals surface area contributed by atoms with Gasteiger partial charge in [0.25, 0.3) is 0 Å². The minimum Gasteiger partial charge on any atom is -0.464 e. The Morgan fingerprint density at radius 3 is 2.47 bits per heavy atom. The van der Waals surface area contributed by atoms with Gasteiger partial charge in [-0.3, -0.25) is 4.79 Å². The lowest BCUT2D eigenvalue weighted by Gasteiger charge is -2.24. The smallest absolute Gasteiger partial charge is 0.358 e. The third kappa shape index (κ3) is 4.00. The maximum Gasteiger partial charge on any atom is 0.358 e. The van der Waals surface area contributed by atoms with E-state index in [1.165, 1.54) is 14.0 Å². The predicted molar refractivity (Wildman–Crippen MR) is 73.0 cm³/mol.